The molecular weight excluding hydrogens is 352 g/mol. The molecule has 1 atom stereocenters. The topological polar surface area (TPSA) is 58.5 Å². The maximum absolute atomic E-state index is 11.7. The van der Waals surface area contributed by atoms with Gasteiger partial charge in [0.2, 0.25) is 5.16 Å². The third kappa shape index (κ3) is 1.93. The molecule has 21 heavy (non-hydrogen) atoms. The summed E-state index contributed by atoms with van der Waals surface area (Å²) >= 11 is 3.62. The quantitative estimate of drug-likeness (QED) is 0.716. The van der Waals surface area contributed by atoms with Gasteiger partial charge in [-0.15, -0.1) is 0 Å². The predicted octanol–water partition coefficient (Wildman–Crippen LogP) is 2.49. The summed E-state index contributed by atoms with van der Waals surface area (Å²) in [5, 5.41) is 0.388. The Hall–Kier alpha value is -1.08. The summed E-state index contributed by atoms with van der Waals surface area (Å²) in [6, 6.07) is 0. The van der Waals surface area contributed by atoms with Crippen LogP contribution in [-0.2, 0) is 10.8 Å². The molecule has 1 saturated carbocycles. The minimum absolute atomic E-state index is 0.0538. The molecule has 1 aliphatic carbocycles. The van der Waals surface area contributed by atoms with Gasteiger partial charge in [0, 0.05) is 18.0 Å². The number of hydrogen-bond donors (Lipinski definition) is 0. The number of anilines is 1. The van der Waals surface area contributed by atoms with Crippen molar-refractivity contribution in [1.82, 2.24) is 9.97 Å². The van der Waals surface area contributed by atoms with E-state index in [0.29, 0.717) is 5.16 Å². The Morgan fingerprint density at radius 1 is 1.38 bits per heavy atom. The summed E-state index contributed by atoms with van der Waals surface area (Å²) in [6.07, 6.45) is 10.1. The molecule has 0 amide bonds. The lowest BCUT2D eigenvalue weighted by Crippen LogP contribution is -2.49. The van der Waals surface area contributed by atoms with Crippen LogP contribution in [0, 0.1) is 0 Å². The van der Waals surface area contributed by atoms with Crippen LogP contribution in [0.2, 0.25) is 0 Å². The third-order valence-corrected chi connectivity index (χ3v) is 5.78. The standard InChI is InChI=1S/C14H15BrN4OS/c1-21(20)13-16-7-9-6-10(15)12-17-8-14(4-2-3-5-14)19(12)11(9)18-13/h6-7H,2-5,8H2,1H3. The summed E-state index contributed by atoms with van der Waals surface area (Å²) in [6.45, 7) is 0.819. The molecule has 0 aromatic carbocycles. The second-order valence-electron chi connectivity index (χ2n) is 5.78. The van der Waals surface area contributed by atoms with E-state index in [1.54, 1.807) is 12.5 Å². The first-order chi connectivity index (χ1) is 10.1. The van der Waals surface area contributed by atoms with Gasteiger partial charge in [-0.2, -0.15) is 0 Å². The van der Waals surface area contributed by atoms with Gasteiger partial charge in [0.25, 0.3) is 0 Å². The van der Waals surface area contributed by atoms with Crippen LogP contribution in [0.5, 0.6) is 0 Å². The molecule has 1 aromatic rings. The van der Waals surface area contributed by atoms with E-state index < -0.39 is 10.8 Å². The number of halogens is 1. The van der Waals surface area contributed by atoms with Crippen molar-refractivity contribution in [2.45, 2.75) is 36.4 Å². The first-order valence-electron chi connectivity index (χ1n) is 7.03. The summed E-state index contributed by atoms with van der Waals surface area (Å²) in [7, 11) is -1.18. The van der Waals surface area contributed by atoms with Crippen LogP contribution in [0.3, 0.4) is 0 Å². The van der Waals surface area contributed by atoms with Crippen molar-refractivity contribution < 1.29 is 4.21 Å². The van der Waals surface area contributed by atoms with Crippen molar-refractivity contribution in [3.8, 4) is 0 Å². The highest BCUT2D eigenvalue weighted by Gasteiger charge is 2.48. The lowest BCUT2D eigenvalue weighted by Gasteiger charge is -2.38. The highest BCUT2D eigenvalue weighted by Crippen LogP contribution is 2.46. The number of nitrogens with zero attached hydrogens (tertiary/aromatic N) is 4. The Morgan fingerprint density at radius 2 is 2.14 bits per heavy atom. The Balaban J connectivity index is 1.91. The number of aromatic nitrogens is 2. The molecule has 1 spiro atoms. The van der Waals surface area contributed by atoms with Crippen LogP contribution in [-0.4, -0.2) is 38.4 Å². The molecule has 4 rings (SSSR count). The van der Waals surface area contributed by atoms with Crippen LogP contribution in [0.15, 0.2) is 20.8 Å². The van der Waals surface area contributed by atoms with Gasteiger partial charge in [-0.25, -0.2) is 9.97 Å². The average molecular weight is 367 g/mol. The molecule has 1 aromatic heterocycles. The van der Waals surface area contributed by atoms with Crippen molar-refractivity contribution in [1.29, 1.82) is 0 Å². The Labute approximate surface area is 134 Å². The fraction of sp³-hybridized carbons (Fsp3) is 0.500. The Morgan fingerprint density at radius 3 is 2.86 bits per heavy atom. The lowest BCUT2D eigenvalue weighted by atomic mass is 9.95. The van der Waals surface area contributed by atoms with Gasteiger partial charge in [-0.05, 0) is 34.8 Å². The fourth-order valence-electron chi connectivity index (χ4n) is 3.50. The van der Waals surface area contributed by atoms with Gasteiger partial charge in [-0.1, -0.05) is 12.8 Å². The molecule has 110 valence electrons. The van der Waals surface area contributed by atoms with Crippen molar-refractivity contribution in [3.05, 3.63) is 16.2 Å². The van der Waals surface area contributed by atoms with Crippen molar-refractivity contribution >= 4 is 44.5 Å². The number of rotatable bonds is 1. The van der Waals surface area contributed by atoms with E-state index in [4.69, 9.17) is 4.99 Å². The average Bonchev–Trinajstić information content (AvgIpc) is 3.08. The summed E-state index contributed by atoms with van der Waals surface area (Å²) in [5.74, 6) is 1.81. The summed E-state index contributed by atoms with van der Waals surface area (Å²) in [5.41, 5.74) is 1.02. The molecular formula is C14H15BrN4OS. The fourth-order valence-corrected chi connectivity index (χ4v) is 4.46. The van der Waals surface area contributed by atoms with Crippen molar-refractivity contribution in [3.63, 3.8) is 0 Å². The minimum Gasteiger partial charge on any atom is -0.302 e. The van der Waals surface area contributed by atoms with Gasteiger partial charge >= 0.3 is 0 Å². The van der Waals surface area contributed by atoms with E-state index >= 15 is 0 Å². The first-order valence-corrected chi connectivity index (χ1v) is 9.39. The molecule has 0 N–H and O–H groups in total. The predicted molar refractivity (Wildman–Crippen MR) is 87.2 cm³/mol. The zero-order valence-electron chi connectivity index (χ0n) is 11.7. The maximum atomic E-state index is 11.7. The van der Waals surface area contributed by atoms with Crippen molar-refractivity contribution in [2.24, 2.45) is 4.99 Å². The molecule has 3 heterocycles. The third-order valence-electron chi connectivity index (χ3n) is 4.48. The zero-order valence-corrected chi connectivity index (χ0v) is 14.1. The largest absolute Gasteiger partial charge is 0.302 e. The van der Waals surface area contributed by atoms with Crippen molar-refractivity contribution in [2.75, 3.05) is 17.7 Å². The molecule has 2 aliphatic heterocycles. The van der Waals surface area contributed by atoms with E-state index in [0.717, 1.165) is 41.1 Å². The number of fused-ring (bicyclic) bond motifs is 4. The second-order valence-corrected chi connectivity index (χ2v) is 7.91. The number of amidine groups is 1. The SMILES string of the molecule is CS(=O)c1ncc2c(n1)N1C(=NCC13CCCC3)C(Br)=C2. The van der Waals surface area contributed by atoms with Gasteiger partial charge in [0.15, 0.2) is 0 Å². The first kappa shape index (κ1) is 13.6. The van der Waals surface area contributed by atoms with E-state index in [1.165, 1.54) is 12.8 Å². The molecule has 0 saturated heterocycles. The normalized spacial score (nSPS) is 23.6. The van der Waals surface area contributed by atoms with E-state index in [9.17, 15) is 4.21 Å². The van der Waals surface area contributed by atoms with Gasteiger partial charge in [-0.3, -0.25) is 9.20 Å². The van der Waals surface area contributed by atoms with Gasteiger partial charge in [0.05, 0.1) is 27.4 Å². The van der Waals surface area contributed by atoms with Crippen LogP contribution < -0.4 is 4.90 Å². The Kier molecular flexibility index (Phi) is 3.04. The zero-order chi connectivity index (χ0) is 14.6. The van der Waals surface area contributed by atoms with E-state index in [2.05, 4.69) is 30.8 Å². The van der Waals surface area contributed by atoms with E-state index in [-0.39, 0.29) is 5.54 Å². The van der Waals surface area contributed by atoms with Crippen LogP contribution >= 0.6 is 15.9 Å². The molecule has 0 bridgehead atoms. The molecule has 7 heteroatoms. The smallest absolute Gasteiger partial charge is 0.220 e. The number of aliphatic imine (C=N–C) groups is 1. The summed E-state index contributed by atoms with van der Waals surface area (Å²) in [4.78, 5) is 15.8. The lowest BCUT2D eigenvalue weighted by molar-refractivity contribution is 0.468. The molecule has 3 aliphatic rings. The van der Waals surface area contributed by atoms with E-state index in [1.807, 2.05) is 6.08 Å². The molecule has 0 radical (unpaired) electrons. The van der Waals surface area contributed by atoms with Crippen LogP contribution in [0.1, 0.15) is 31.2 Å². The van der Waals surface area contributed by atoms with Gasteiger partial charge in [0.1, 0.15) is 11.7 Å². The Bertz CT molecular complexity index is 709. The summed E-state index contributed by atoms with van der Waals surface area (Å²) < 4.78 is 12.7. The maximum Gasteiger partial charge on any atom is 0.220 e. The van der Waals surface area contributed by atoms with Crippen LogP contribution in [0.25, 0.3) is 6.08 Å². The van der Waals surface area contributed by atoms with Crippen LogP contribution in [0.4, 0.5) is 5.82 Å². The highest BCUT2D eigenvalue weighted by atomic mass is 79.9. The monoisotopic (exact) mass is 366 g/mol. The van der Waals surface area contributed by atoms with Gasteiger partial charge < -0.3 is 4.90 Å². The molecule has 1 unspecified atom stereocenters. The number of hydrogen-bond acceptors (Lipinski definition) is 5. The second kappa shape index (κ2) is 4.71. The molecule has 1 fully saturated rings. The molecule has 5 nitrogen and oxygen atoms in total. The minimum atomic E-state index is -1.18. The highest BCUT2D eigenvalue weighted by molar-refractivity contribution is 9.12.